The Morgan fingerprint density at radius 2 is 1.56 bits per heavy atom. The van der Waals surface area contributed by atoms with E-state index in [-0.39, 0.29) is 6.10 Å². The van der Waals surface area contributed by atoms with E-state index in [4.69, 9.17) is 14.2 Å². The van der Waals surface area contributed by atoms with E-state index in [9.17, 15) is 0 Å². The Bertz CT molecular complexity index is 346. The van der Waals surface area contributed by atoms with Crippen molar-refractivity contribution in [3.05, 3.63) is 12.2 Å². The standard InChI is InChI=1S/C9H15O3.3C4H9.Sn/c1-9(2)11-7-8(12-9)5-4-6-10-3;3*1-3-4-2;/h4-5,8H,3,6-7H2,1-2H3;3*1,3-4H2,2H3;/b5-4+;;;;/t8-;;;;/m0..../s1. The summed E-state index contributed by atoms with van der Waals surface area (Å²) in [5.41, 5.74) is 0. The van der Waals surface area contributed by atoms with Gasteiger partial charge in [-0.05, 0) is 0 Å². The number of hydrogen-bond acceptors (Lipinski definition) is 3. The number of rotatable bonds is 14. The predicted molar refractivity (Wildman–Crippen MR) is 110 cm³/mol. The summed E-state index contributed by atoms with van der Waals surface area (Å²) in [7, 11) is 0. The molecule has 1 atom stereocenters. The van der Waals surface area contributed by atoms with Crippen LogP contribution in [0.5, 0.6) is 0 Å². The van der Waals surface area contributed by atoms with Crippen LogP contribution < -0.4 is 0 Å². The molecule has 0 aliphatic carbocycles. The Labute approximate surface area is 160 Å². The minimum absolute atomic E-state index is 0.0761. The van der Waals surface area contributed by atoms with E-state index in [1.807, 2.05) is 13.8 Å². The Kier molecular flexibility index (Phi) is 12.0. The van der Waals surface area contributed by atoms with Gasteiger partial charge < -0.3 is 0 Å². The van der Waals surface area contributed by atoms with Crippen LogP contribution in [0, 0.1) is 0 Å². The zero-order chi connectivity index (χ0) is 18.6. The first-order valence-electron chi connectivity index (χ1n) is 10.5. The third-order valence-electron chi connectivity index (χ3n) is 5.19. The third-order valence-corrected chi connectivity index (χ3v) is 19.6. The first kappa shape index (κ1) is 23.5. The zero-order valence-electron chi connectivity index (χ0n) is 17.4. The maximum atomic E-state index is 6.21. The van der Waals surface area contributed by atoms with Crippen molar-refractivity contribution in [2.75, 3.05) is 17.8 Å². The van der Waals surface area contributed by atoms with E-state index in [1.165, 1.54) is 51.8 Å². The second kappa shape index (κ2) is 12.7. The van der Waals surface area contributed by atoms with Gasteiger partial charge in [0, 0.05) is 0 Å². The molecule has 3 nitrogen and oxygen atoms in total. The third kappa shape index (κ3) is 9.78. The normalized spacial score (nSPS) is 20.6. The van der Waals surface area contributed by atoms with Crippen LogP contribution in [0.4, 0.5) is 0 Å². The van der Waals surface area contributed by atoms with Gasteiger partial charge in [0.2, 0.25) is 0 Å². The van der Waals surface area contributed by atoms with Crippen LogP contribution in [0.25, 0.3) is 0 Å². The van der Waals surface area contributed by atoms with Crippen molar-refractivity contribution < 1.29 is 14.2 Å². The van der Waals surface area contributed by atoms with Crippen molar-refractivity contribution in [2.24, 2.45) is 0 Å². The van der Waals surface area contributed by atoms with Gasteiger partial charge in [-0.3, -0.25) is 0 Å². The quantitative estimate of drug-likeness (QED) is 0.178. The molecule has 0 aromatic heterocycles. The molecule has 1 aliphatic rings. The molecule has 1 rings (SSSR count). The van der Waals surface area contributed by atoms with Gasteiger partial charge in [-0.25, -0.2) is 0 Å². The molecule has 0 spiro atoms. The molecule has 1 fully saturated rings. The molecule has 1 heterocycles. The van der Waals surface area contributed by atoms with Gasteiger partial charge in [0.15, 0.2) is 0 Å². The molecule has 0 unspecified atom stereocenters. The molecule has 0 aromatic rings. The Morgan fingerprint density at radius 1 is 1.00 bits per heavy atom. The molecule has 25 heavy (non-hydrogen) atoms. The molecule has 0 bridgehead atoms. The van der Waals surface area contributed by atoms with Crippen molar-refractivity contribution in [3.63, 3.8) is 0 Å². The van der Waals surface area contributed by atoms with Crippen LogP contribution in [0.1, 0.15) is 73.1 Å². The molecule has 0 N–H and O–H groups in total. The fourth-order valence-corrected chi connectivity index (χ4v) is 18.0. The maximum absolute atomic E-state index is 6.21. The molecule has 0 saturated carbocycles. The summed E-state index contributed by atoms with van der Waals surface area (Å²) in [4.78, 5) is 0. The van der Waals surface area contributed by atoms with Crippen molar-refractivity contribution in [1.29, 1.82) is 0 Å². The zero-order valence-corrected chi connectivity index (χ0v) is 20.3. The SMILES string of the molecule is CCC[CH2][Sn]([CH2]CCC)([CH2]CCC)[CH2]OC/C=C/[C@H]1COC(C)(C)O1. The summed E-state index contributed by atoms with van der Waals surface area (Å²) < 4.78 is 23.3. The topological polar surface area (TPSA) is 27.7 Å². The molecular formula is C21H42O3Sn. The van der Waals surface area contributed by atoms with E-state index < -0.39 is 24.2 Å². The summed E-state index contributed by atoms with van der Waals surface area (Å²) in [6.45, 7) is 12.3. The van der Waals surface area contributed by atoms with Crippen molar-refractivity contribution >= 4 is 18.4 Å². The average molecular weight is 461 g/mol. The van der Waals surface area contributed by atoms with Crippen molar-refractivity contribution in [1.82, 2.24) is 0 Å². The first-order chi connectivity index (χ1) is 12.0. The minimum atomic E-state index is -2.12. The fourth-order valence-electron chi connectivity index (χ4n) is 3.61. The molecule has 1 saturated heterocycles. The Morgan fingerprint density at radius 3 is 2.00 bits per heavy atom. The Balaban J connectivity index is 2.46. The Hall–Kier alpha value is 0.419. The van der Waals surface area contributed by atoms with E-state index in [1.54, 1.807) is 0 Å². The van der Waals surface area contributed by atoms with Crippen LogP contribution in [0.3, 0.4) is 0 Å². The van der Waals surface area contributed by atoms with Crippen LogP contribution in [0.15, 0.2) is 12.2 Å². The number of unbranched alkanes of at least 4 members (excludes halogenated alkanes) is 3. The van der Waals surface area contributed by atoms with Gasteiger partial charge in [-0.2, -0.15) is 0 Å². The van der Waals surface area contributed by atoms with Gasteiger partial charge in [0.05, 0.1) is 0 Å². The van der Waals surface area contributed by atoms with Crippen LogP contribution in [0.2, 0.25) is 13.3 Å². The summed E-state index contributed by atoms with van der Waals surface area (Å²) in [6, 6.07) is 0. The molecule has 0 radical (unpaired) electrons. The summed E-state index contributed by atoms with van der Waals surface area (Å²) in [5, 5.41) is 0. The second-order valence-corrected chi connectivity index (χ2v) is 21.8. The van der Waals surface area contributed by atoms with E-state index >= 15 is 0 Å². The van der Waals surface area contributed by atoms with E-state index in [0.29, 0.717) is 6.61 Å². The predicted octanol–water partition coefficient (Wildman–Crippen LogP) is 6.10. The molecule has 4 heteroatoms. The van der Waals surface area contributed by atoms with Crippen molar-refractivity contribution in [3.8, 4) is 0 Å². The summed E-state index contributed by atoms with van der Waals surface area (Å²) in [5.74, 6) is -0.443. The molecule has 148 valence electrons. The van der Waals surface area contributed by atoms with Gasteiger partial charge in [0.1, 0.15) is 0 Å². The van der Waals surface area contributed by atoms with Gasteiger partial charge in [-0.1, -0.05) is 0 Å². The fraction of sp³-hybridized carbons (Fsp3) is 0.905. The summed E-state index contributed by atoms with van der Waals surface area (Å²) in [6.07, 6.45) is 12.5. The van der Waals surface area contributed by atoms with E-state index in [0.717, 1.165) is 11.2 Å². The van der Waals surface area contributed by atoms with E-state index in [2.05, 4.69) is 32.9 Å². The molecule has 0 aromatic carbocycles. The van der Waals surface area contributed by atoms with Crippen LogP contribution >= 0.6 is 0 Å². The molecule has 0 amide bonds. The average Bonchev–Trinajstić information content (AvgIpc) is 2.94. The van der Waals surface area contributed by atoms with Gasteiger partial charge >= 0.3 is 161 Å². The number of ether oxygens (including phenoxy) is 3. The summed E-state index contributed by atoms with van der Waals surface area (Å²) >= 11 is -2.12. The molecular weight excluding hydrogens is 419 g/mol. The van der Waals surface area contributed by atoms with Gasteiger partial charge in [0.25, 0.3) is 0 Å². The van der Waals surface area contributed by atoms with Crippen LogP contribution in [-0.4, -0.2) is 48.1 Å². The monoisotopic (exact) mass is 462 g/mol. The van der Waals surface area contributed by atoms with Gasteiger partial charge in [-0.15, -0.1) is 0 Å². The second-order valence-electron chi connectivity index (χ2n) is 8.12. The molecule has 1 aliphatic heterocycles. The van der Waals surface area contributed by atoms with Crippen LogP contribution in [-0.2, 0) is 14.2 Å². The first-order valence-corrected chi connectivity index (χ1v) is 18.6. The van der Waals surface area contributed by atoms with Crippen molar-refractivity contribution in [2.45, 2.75) is 98.3 Å². The number of hydrogen-bond donors (Lipinski definition) is 0.